The van der Waals surface area contributed by atoms with Gasteiger partial charge in [0.25, 0.3) is 0 Å². The summed E-state index contributed by atoms with van der Waals surface area (Å²) in [4.78, 5) is 8.63. The predicted molar refractivity (Wildman–Crippen MR) is 91.7 cm³/mol. The molecule has 0 amide bonds. The Morgan fingerprint density at radius 3 is 2.85 bits per heavy atom. The van der Waals surface area contributed by atoms with E-state index < -0.39 is 0 Å². The summed E-state index contributed by atoms with van der Waals surface area (Å²) in [7, 11) is 0. The molecule has 0 bridgehead atoms. The van der Waals surface area contributed by atoms with E-state index in [2.05, 4.69) is 43.9 Å². The van der Waals surface area contributed by atoms with Crippen LogP contribution in [0.4, 0.5) is 11.5 Å². The molecule has 1 N–H and O–H groups in total. The van der Waals surface area contributed by atoms with Gasteiger partial charge in [-0.3, -0.25) is 0 Å². The lowest BCUT2D eigenvalue weighted by molar-refractivity contribution is 1.21. The molecule has 0 aliphatic rings. The van der Waals surface area contributed by atoms with E-state index in [1.165, 1.54) is 0 Å². The van der Waals surface area contributed by atoms with Crippen LogP contribution in [0.3, 0.4) is 0 Å². The summed E-state index contributed by atoms with van der Waals surface area (Å²) in [5, 5.41) is 5.08. The normalized spacial score (nSPS) is 10.8. The van der Waals surface area contributed by atoms with Gasteiger partial charge in [-0.05, 0) is 65.4 Å². The Labute approximate surface area is 135 Å². The van der Waals surface area contributed by atoms with Crippen LogP contribution in [0.5, 0.6) is 0 Å². The average molecular weight is 396 g/mol. The van der Waals surface area contributed by atoms with Crippen LogP contribution < -0.4 is 5.32 Å². The zero-order valence-corrected chi connectivity index (χ0v) is 13.6. The van der Waals surface area contributed by atoms with Crippen molar-refractivity contribution in [3.63, 3.8) is 0 Å². The minimum atomic E-state index is 0.739. The number of benzene rings is 2. The van der Waals surface area contributed by atoms with Gasteiger partial charge >= 0.3 is 0 Å². The number of fused-ring (bicyclic) bond motifs is 1. The fourth-order valence-corrected chi connectivity index (χ4v) is 2.66. The van der Waals surface area contributed by atoms with Gasteiger partial charge in [0.1, 0.15) is 12.1 Å². The van der Waals surface area contributed by atoms with Gasteiger partial charge in [0.15, 0.2) is 0 Å². The van der Waals surface area contributed by atoms with Gasteiger partial charge in [-0.15, -0.1) is 0 Å². The topological polar surface area (TPSA) is 37.8 Å². The van der Waals surface area contributed by atoms with Gasteiger partial charge in [0, 0.05) is 19.7 Å². The van der Waals surface area contributed by atoms with E-state index in [1.54, 1.807) is 6.33 Å². The second-order valence-electron chi connectivity index (χ2n) is 4.42. The summed E-state index contributed by atoms with van der Waals surface area (Å²) in [6.07, 6.45) is 1.57. The number of aromatic nitrogens is 2. The molecule has 0 radical (unpaired) electrons. The van der Waals surface area contributed by atoms with Crippen LogP contribution in [0.15, 0.2) is 42.7 Å². The molecule has 0 spiro atoms. The van der Waals surface area contributed by atoms with Crippen molar-refractivity contribution in [2.45, 2.75) is 6.92 Å². The van der Waals surface area contributed by atoms with E-state index >= 15 is 0 Å². The molecule has 0 fully saturated rings. The highest BCUT2D eigenvalue weighted by Crippen LogP contribution is 2.28. The van der Waals surface area contributed by atoms with Crippen LogP contribution in [0.1, 0.15) is 5.56 Å². The Morgan fingerprint density at radius 2 is 2.00 bits per heavy atom. The SMILES string of the molecule is Cc1c(Cl)cccc1Nc1ncnc2ccc(I)cc12. The molecule has 1 heterocycles. The number of halogens is 2. The lowest BCUT2D eigenvalue weighted by Gasteiger charge is -2.11. The number of nitrogens with zero attached hydrogens (tertiary/aromatic N) is 2. The van der Waals surface area contributed by atoms with Crippen molar-refractivity contribution in [3.8, 4) is 0 Å². The number of anilines is 2. The Balaban J connectivity index is 2.11. The van der Waals surface area contributed by atoms with Crippen LogP contribution in [-0.2, 0) is 0 Å². The summed E-state index contributed by atoms with van der Waals surface area (Å²) in [6, 6.07) is 11.9. The second kappa shape index (κ2) is 5.54. The van der Waals surface area contributed by atoms with Gasteiger partial charge < -0.3 is 5.32 Å². The Kier molecular flexibility index (Phi) is 3.76. The lowest BCUT2D eigenvalue weighted by Crippen LogP contribution is -1.98. The smallest absolute Gasteiger partial charge is 0.141 e. The third-order valence-electron chi connectivity index (χ3n) is 3.12. The first kappa shape index (κ1) is 13.6. The van der Waals surface area contributed by atoms with E-state index in [1.807, 2.05) is 37.3 Å². The van der Waals surface area contributed by atoms with Crippen molar-refractivity contribution < 1.29 is 0 Å². The molecular formula is C15H11ClIN3. The summed E-state index contributed by atoms with van der Waals surface area (Å²) in [5.74, 6) is 0.791. The fraction of sp³-hybridized carbons (Fsp3) is 0.0667. The van der Waals surface area contributed by atoms with Crippen molar-refractivity contribution in [2.24, 2.45) is 0 Å². The maximum atomic E-state index is 6.15. The summed E-state index contributed by atoms with van der Waals surface area (Å²) in [5.41, 5.74) is 2.88. The lowest BCUT2D eigenvalue weighted by atomic mass is 10.2. The van der Waals surface area contributed by atoms with E-state index in [-0.39, 0.29) is 0 Å². The van der Waals surface area contributed by atoms with Crippen LogP contribution in [0.2, 0.25) is 5.02 Å². The monoisotopic (exact) mass is 395 g/mol. The minimum Gasteiger partial charge on any atom is -0.339 e. The van der Waals surface area contributed by atoms with Gasteiger partial charge in [-0.2, -0.15) is 0 Å². The van der Waals surface area contributed by atoms with Crippen molar-refractivity contribution >= 4 is 56.6 Å². The molecule has 0 aliphatic heterocycles. The second-order valence-corrected chi connectivity index (χ2v) is 6.07. The van der Waals surface area contributed by atoms with Gasteiger partial charge in [-0.1, -0.05) is 17.7 Å². The number of nitrogens with one attached hydrogen (secondary N) is 1. The Hall–Kier alpha value is -1.40. The Bertz CT molecular complexity index is 789. The molecule has 0 unspecified atom stereocenters. The van der Waals surface area contributed by atoms with Crippen LogP contribution >= 0.6 is 34.2 Å². The van der Waals surface area contributed by atoms with Crippen LogP contribution in [0.25, 0.3) is 10.9 Å². The zero-order chi connectivity index (χ0) is 14.1. The van der Waals surface area contributed by atoms with Crippen molar-refractivity contribution in [1.82, 2.24) is 9.97 Å². The molecule has 2 aromatic carbocycles. The standard InChI is InChI=1S/C15H11ClIN3/c1-9-12(16)3-2-4-13(9)20-15-11-7-10(17)5-6-14(11)18-8-19-15/h2-8H,1H3,(H,18,19,20). The number of hydrogen-bond acceptors (Lipinski definition) is 3. The third kappa shape index (κ3) is 2.58. The number of rotatable bonds is 2. The van der Waals surface area contributed by atoms with Gasteiger partial charge in [-0.25, -0.2) is 9.97 Å². The molecule has 3 aromatic rings. The van der Waals surface area contributed by atoms with Gasteiger partial charge in [0.05, 0.1) is 5.52 Å². The molecule has 100 valence electrons. The number of hydrogen-bond donors (Lipinski definition) is 1. The summed E-state index contributed by atoms with van der Waals surface area (Å²) in [6.45, 7) is 1.98. The average Bonchev–Trinajstić information content (AvgIpc) is 2.44. The van der Waals surface area contributed by atoms with Gasteiger partial charge in [0.2, 0.25) is 0 Å². The molecule has 0 saturated heterocycles. The van der Waals surface area contributed by atoms with E-state index in [0.29, 0.717) is 0 Å². The quantitative estimate of drug-likeness (QED) is 0.625. The van der Waals surface area contributed by atoms with E-state index in [0.717, 1.165) is 36.6 Å². The van der Waals surface area contributed by atoms with E-state index in [9.17, 15) is 0 Å². The molecule has 3 rings (SSSR count). The third-order valence-corrected chi connectivity index (χ3v) is 4.20. The van der Waals surface area contributed by atoms with Crippen LogP contribution in [0, 0.1) is 10.5 Å². The fourth-order valence-electron chi connectivity index (χ4n) is 2.00. The molecule has 3 nitrogen and oxygen atoms in total. The predicted octanol–water partition coefficient (Wildman–Crippen LogP) is 4.94. The van der Waals surface area contributed by atoms with E-state index in [4.69, 9.17) is 11.6 Å². The highest BCUT2D eigenvalue weighted by Gasteiger charge is 2.07. The highest BCUT2D eigenvalue weighted by atomic mass is 127. The molecule has 20 heavy (non-hydrogen) atoms. The molecule has 1 aromatic heterocycles. The maximum Gasteiger partial charge on any atom is 0.141 e. The minimum absolute atomic E-state index is 0.739. The molecular weight excluding hydrogens is 385 g/mol. The first-order chi connectivity index (χ1) is 9.65. The first-order valence-corrected chi connectivity index (χ1v) is 7.53. The van der Waals surface area contributed by atoms with Crippen molar-refractivity contribution in [2.75, 3.05) is 5.32 Å². The molecule has 0 atom stereocenters. The molecule has 5 heteroatoms. The molecule has 0 saturated carbocycles. The first-order valence-electron chi connectivity index (χ1n) is 6.07. The molecule has 0 aliphatic carbocycles. The zero-order valence-electron chi connectivity index (χ0n) is 10.7. The summed E-state index contributed by atoms with van der Waals surface area (Å²) < 4.78 is 1.15. The highest BCUT2D eigenvalue weighted by molar-refractivity contribution is 14.1. The van der Waals surface area contributed by atoms with Crippen LogP contribution in [-0.4, -0.2) is 9.97 Å². The largest absolute Gasteiger partial charge is 0.339 e. The Morgan fingerprint density at radius 1 is 1.15 bits per heavy atom. The van der Waals surface area contributed by atoms with Crippen molar-refractivity contribution in [1.29, 1.82) is 0 Å². The van der Waals surface area contributed by atoms with Crippen molar-refractivity contribution in [3.05, 3.63) is 56.9 Å². The summed E-state index contributed by atoms with van der Waals surface area (Å²) >= 11 is 8.43. The maximum absolute atomic E-state index is 6.15.